The van der Waals surface area contributed by atoms with Crippen molar-refractivity contribution in [3.05, 3.63) is 28.7 Å². The van der Waals surface area contributed by atoms with Crippen molar-refractivity contribution < 1.29 is 4.42 Å². The first kappa shape index (κ1) is 9.21. The van der Waals surface area contributed by atoms with Crippen molar-refractivity contribution in [2.24, 2.45) is 0 Å². The predicted molar refractivity (Wildman–Crippen MR) is 56.6 cm³/mol. The molecule has 0 spiro atoms. The van der Waals surface area contributed by atoms with E-state index in [2.05, 4.69) is 25.9 Å². The molecule has 0 unspecified atom stereocenters. The van der Waals surface area contributed by atoms with Gasteiger partial charge in [0.25, 0.3) is 0 Å². The van der Waals surface area contributed by atoms with Crippen LogP contribution in [0.15, 0.2) is 27.3 Å². The second-order valence-corrected chi connectivity index (χ2v) is 3.60. The van der Waals surface area contributed by atoms with Crippen LogP contribution in [0.1, 0.15) is 5.76 Å². The van der Waals surface area contributed by atoms with Gasteiger partial charge in [-0.1, -0.05) is 0 Å². The van der Waals surface area contributed by atoms with Gasteiger partial charge in [-0.25, -0.2) is 9.97 Å². The molecule has 0 bridgehead atoms. The molecular formula is C9H8BrN3O. The Bertz CT molecular complexity index is 467. The van der Waals surface area contributed by atoms with Crippen LogP contribution >= 0.6 is 15.9 Å². The Morgan fingerprint density at radius 1 is 1.43 bits per heavy atom. The highest BCUT2D eigenvalue weighted by molar-refractivity contribution is 9.10. The lowest BCUT2D eigenvalue weighted by atomic mass is 10.3. The molecule has 72 valence electrons. The summed E-state index contributed by atoms with van der Waals surface area (Å²) in [7, 11) is 0. The molecule has 2 N–H and O–H groups in total. The molecule has 0 radical (unpaired) electrons. The van der Waals surface area contributed by atoms with Crippen molar-refractivity contribution in [1.82, 2.24) is 9.97 Å². The van der Waals surface area contributed by atoms with E-state index in [9.17, 15) is 0 Å². The van der Waals surface area contributed by atoms with Crippen molar-refractivity contribution in [1.29, 1.82) is 0 Å². The van der Waals surface area contributed by atoms with Crippen molar-refractivity contribution in [2.45, 2.75) is 6.92 Å². The zero-order valence-corrected chi connectivity index (χ0v) is 9.08. The molecule has 0 saturated carbocycles. The topological polar surface area (TPSA) is 64.9 Å². The third kappa shape index (κ3) is 1.63. The van der Waals surface area contributed by atoms with Crippen LogP contribution in [0, 0.1) is 6.92 Å². The van der Waals surface area contributed by atoms with E-state index in [1.807, 2.05) is 19.1 Å². The number of anilines is 1. The van der Waals surface area contributed by atoms with Crippen LogP contribution in [-0.4, -0.2) is 9.97 Å². The minimum Gasteiger partial charge on any atom is -0.460 e. The van der Waals surface area contributed by atoms with E-state index in [4.69, 9.17) is 10.2 Å². The van der Waals surface area contributed by atoms with Crippen LogP contribution in [0.25, 0.3) is 11.5 Å². The molecule has 0 aliphatic rings. The van der Waals surface area contributed by atoms with Gasteiger partial charge in [0.2, 0.25) is 0 Å². The highest BCUT2D eigenvalue weighted by atomic mass is 79.9. The maximum absolute atomic E-state index is 5.54. The summed E-state index contributed by atoms with van der Waals surface area (Å²) >= 11 is 3.29. The Morgan fingerprint density at radius 3 is 2.86 bits per heavy atom. The summed E-state index contributed by atoms with van der Waals surface area (Å²) in [6, 6.07) is 3.70. The van der Waals surface area contributed by atoms with E-state index in [-0.39, 0.29) is 0 Å². The number of aromatic nitrogens is 2. The number of hydrogen-bond donors (Lipinski definition) is 1. The monoisotopic (exact) mass is 253 g/mol. The molecule has 5 heteroatoms. The fourth-order valence-corrected chi connectivity index (χ4v) is 1.49. The second-order valence-electron chi connectivity index (χ2n) is 2.84. The van der Waals surface area contributed by atoms with Gasteiger partial charge >= 0.3 is 0 Å². The fraction of sp³-hybridized carbons (Fsp3) is 0.111. The number of nitrogens with zero attached hydrogens (tertiary/aromatic N) is 2. The molecule has 2 heterocycles. The summed E-state index contributed by atoms with van der Waals surface area (Å²) in [6.45, 7) is 1.87. The molecule has 0 saturated heterocycles. The molecule has 2 rings (SSSR count). The molecule has 0 atom stereocenters. The molecule has 0 aromatic carbocycles. The zero-order chi connectivity index (χ0) is 10.1. The Balaban J connectivity index is 2.55. The summed E-state index contributed by atoms with van der Waals surface area (Å²) in [4.78, 5) is 8.16. The lowest BCUT2D eigenvalue weighted by Gasteiger charge is -1.99. The summed E-state index contributed by atoms with van der Waals surface area (Å²) in [5.41, 5.74) is 6.16. The molecule has 0 fully saturated rings. The van der Waals surface area contributed by atoms with Gasteiger partial charge in [-0.3, -0.25) is 0 Å². The van der Waals surface area contributed by atoms with Gasteiger partial charge in [0.1, 0.15) is 21.9 Å². The van der Waals surface area contributed by atoms with Gasteiger partial charge in [-0.05, 0) is 35.0 Å². The lowest BCUT2D eigenvalue weighted by Crippen LogP contribution is -1.94. The summed E-state index contributed by atoms with van der Waals surface area (Å²) < 4.78 is 6.04. The number of hydrogen-bond acceptors (Lipinski definition) is 4. The number of nitrogen functional groups attached to an aromatic ring is 1. The lowest BCUT2D eigenvalue weighted by molar-refractivity contribution is 0.546. The first-order valence-electron chi connectivity index (χ1n) is 4.01. The maximum atomic E-state index is 5.54. The molecule has 2 aromatic heterocycles. The zero-order valence-electron chi connectivity index (χ0n) is 7.49. The highest BCUT2D eigenvalue weighted by Crippen LogP contribution is 2.26. The number of nitrogens with two attached hydrogens (primary N) is 1. The predicted octanol–water partition coefficient (Wildman–Crippen LogP) is 2.39. The molecule has 0 amide bonds. The Kier molecular flexibility index (Phi) is 2.25. The maximum Gasteiger partial charge on any atom is 0.155 e. The summed E-state index contributed by atoms with van der Waals surface area (Å²) in [5.74, 6) is 1.86. The van der Waals surface area contributed by atoms with Crippen molar-refractivity contribution >= 4 is 21.7 Å². The van der Waals surface area contributed by atoms with E-state index in [0.717, 1.165) is 5.76 Å². The molecular weight excluding hydrogens is 246 g/mol. The SMILES string of the molecule is Cc1ccc(-c2nc(N)cnc2Br)o1. The smallest absolute Gasteiger partial charge is 0.155 e. The van der Waals surface area contributed by atoms with E-state index in [1.54, 1.807) is 0 Å². The Hall–Kier alpha value is -1.36. The minimum absolute atomic E-state index is 0.372. The van der Waals surface area contributed by atoms with Gasteiger partial charge in [-0.2, -0.15) is 0 Å². The standard InChI is InChI=1S/C9H8BrN3O/c1-5-2-3-6(14-5)8-9(10)12-4-7(11)13-8/h2-4H,1H3,(H2,11,13). The van der Waals surface area contributed by atoms with Crippen LogP contribution in [0.3, 0.4) is 0 Å². The van der Waals surface area contributed by atoms with E-state index in [0.29, 0.717) is 21.9 Å². The van der Waals surface area contributed by atoms with Gasteiger partial charge in [0.05, 0.1) is 6.20 Å². The van der Waals surface area contributed by atoms with Gasteiger partial charge in [-0.15, -0.1) is 0 Å². The van der Waals surface area contributed by atoms with Crippen LogP contribution in [0.4, 0.5) is 5.82 Å². The third-order valence-corrected chi connectivity index (χ3v) is 2.30. The highest BCUT2D eigenvalue weighted by Gasteiger charge is 2.10. The summed E-state index contributed by atoms with van der Waals surface area (Å²) in [6.07, 6.45) is 1.49. The normalized spacial score (nSPS) is 10.4. The van der Waals surface area contributed by atoms with E-state index < -0.39 is 0 Å². The van der Waals surface area contributed by atoms with Crippen LogP contribution < -0.4 is 5.73 Å². The summed E-state index contributed by atoms with van der Waals surface area (Å²) in [5, 5.41) is 0. The first-order chi connectivity index (χ1) is 6.66. The third-order valence-electron chi connectivity index (χ3n) is 1.72. The largest absolute Gasteiger partial charge is 0.460 e. The average Bonchev–Trinajstić information content (AvgIpc) is 2.56. The number of halogens is 1. The molecule has 0 aliphatic carbocycles. The van der Waals surface area contributed by atoms with Gasteiger partial charge < -0.3 is 10.2 Å². The fourth-order valence-electron chi connectivity index (χ4n) is 1.11. The van der Waals surface area contributed by atoms with Crippen molar-refractivity contribution in [3.63, 3.8) is 0 Å². The number of aryl methyl sites for hydroxylation is 1. The number of rotatable bonds is 1. The second kappa shape index (κ2) is 3.42. The molecule has 0 aliphatic heterocycles. The van der Waals surface area contributed by atoms with Crippen molar-refractivity contribution in [3.8, 4) is 11.5 Å². The van der Waals surface area contributed by atoms with Gasteiger partial charge in [0.15, 0.2) is 5.76 Å². The van der Waals surface area contributed by atoms with E-state index >= 15 is 0 Å². The molecule has 4 nitrogen and oxygen atoms in total. The first-order valence-corrected chi connectivity index (χ1v) is 4.81. The van der Waals surface area contributed by atoms with Crippen LogP contribution in [0.5, 0.6) is 0 Å². The van der Waals surface area contributed by atoms with Crippen molar-refractivity contribution in [2.75, 3.05) is 5.73 Å². The van der Waals surface area contributed by atoms with E-state index in [1.165, 1.54) is 6.20 Å². The minimum atomic E-state index is 0.372. The van der Waals surface area contributed by atoms with Crippen LogP contribution in [-0.2, 0) is 0 Å². The number of furan rings is 1. The molecule has 14 heavy (non-hydrogen) atoms. The quantitative estimate of drug-likeness (QED) is 0.848. The average molecular weight is 254 g/mol. The Labute approximate surface area is 89.3 Å². The Morgan fingerprint density at radius 2 is 2.21 bits per heavy atom. The molecule has 2 aromatic rings. The van der Waals surface area contributed by atoms with Crippen LogP contribution in [0.2, 0.25) is 0 Å². The van der Waals surface area contributed by atoms with Gasteiger partial charge in [0, 0.05) is 0 Å².